The molecular formula is C18H18N2O6. The summed E-state index contributed by atoms with van der Waals surface area (Å²) < 4.78 is 10.1. The number of esters is 1. The predicted molar refractivity (Wildman–Crippen MR) is 93.7 cm³/mol. The Morgan fingerprint density at radius 3 is 2.27 bits per heavy atom. The van der Waals surface area contributed by atoms with Gasteiger partial charge in [0, 0.05) is 17.8 Å². The van der Waals surface area contributed by atoms with Gasteiger partial charge >= 0.3 is 12.1 Å². The Hall–Kier alpha value is -3.42. The van der Waals surface area contributed by atoms with Gasteiger partial charge in [0.25, 0.3) is 5.69 Å². The molecule has 0 saturated heterocycles. The lowest BCUT2D eigenvalue weighted by molar-refractivity contribution is -0.384. The van der Waals surface area contributed by atoms with Gasteiger partial charge in [0.15, 0.2) is 0 Å². The predicted octanol–water partition coefficient (Wildman–Crippen LogP) is 3.30. The van der Waals surface area contributed by atoms with E-state index < -0.39 is 17.0 Å². The van der Waals surface area contributed by atoms with Gasteiger partial charge in [-0.2, -0.15) is 0 Å². The van der Waals surface area contributed by atoms with E-state index in [2.05, 4.69) is 0 Å². The first-order valence-electron chi connectivity index (χ1n) is 7.89. The highest BCUT2D eigenvalue weighted by Crippen LogP contribution is 2.20. The Bertz CT molecular complexity index is 761. The van der Waals surface area contributed by atoms with Crippen molar-refractivity contribution in [3.63, 3.8) is 0 Å². The van der Waals surface area contributed by atoms with Gasteiger partial charge in [0.1, 0.15) is 13.2 Å². The maximum absolute atomic E-state index is 12.4. The van der Waals surface area contributed by atoms with E-state index in [9.17, 15) is 19.7 Å². The number of amides is 1. The van der Waals surface area contributed by atoms with Gasteiger partial charge in [-0.15, -0.1) is 0 Å². The maximum atomic E-state index is 12.4. The number of nitro benzene ring substituents is 1. The third-order valence-electron chi connectivity index (χ3n) is 3.39. The fourth-order valence-electron chi connectivity index (χ4n) is 2.15. The van der Waals surface area contributed by atoms with Crippen LogP contribution in [0.1, 0.15) is 12.5 Å². The van der Waals surface area contributed by atoms with Crippen LogP contribution < -0.4 is 4.90 Å². The van der Waals surface area contributed by atoms with Crippen LogP contribution >= 0.6 is 0 Å². The summed E-state index contributed by atoms with van der Waals surface area (Å²) in [4.78, 5) is 35.5. The van der Waals surface area contributed by atoms with E-state index in [0.717, 1.165) is 10.5 Å². The van der Waals surface area contributed by atoms with Gasteiger partial charge in [-0.3, -0.25) is 19.8 Å². The zero-order valence-corrected chi connectivity index (χ0v) is 14.2. The molecule has 2 aromatic rings. The highest BCUT2D eigenvalue weighted by molar-refractivity contribution is 5.93. The van der Waals surface area contributed by atoms with E-state index in [0.29, 0.717) is 5.69 Å². The molecule has 0 atom stereocenters. The third-order valence-corrected chi connectivity index (χ3v) is 3.39. The standard InChI is InChI=1S/C18H18N2O6/c1-2-25-17(21)12-19(15-8-10-16(11-9-15)20(23)24)18(22)26-13-14-6-4-3-5-7-14/h3-11H,2,12-13H2,1H3. The SMILES string of the molecule is CCOC(=O)CN(C(=O)OCc1ccccc1)c1ccc([N+](=O)[O-])cc1. The number of carbonyl (C=O) groups excluding carboxylic acids is 2. The number of benzene rings is 2. The Balaban J connectivity index is 2.15. The first-order chi connectivity index (χ1) is 12.5. The smallest absolute Gasteiger partial charge is 0.415 e. The van der Waals surface area contributed by atoms with Crippen LogP contribution in [0.25, 0.3) is 0 Å². The van der Waals surface area contributed by atoms with Crippen molar-refractivity contribution >= 4 is 23.4 Å². The van der Waals surface area contributed by atoms with E-state index in [-0.39, 0.29) is 25.4 Å². The number of hydrogen-bond donors (Lipinski definition) is 0. The van der Waals surface area contributed by atoms with Crippen molar-refractivity contribution < 1.29 is 24.0 Å². The van der Waals surface area contributed by atoms with E-state index in [1.807, 2.05) is 18.2 Å². The van der Waals surface area contributed by atoms with Gasteiger partial charge in [0.2, 0.25) is 0 Å². The summed E-state index contributed by atoms with van der Waals surface area (Å²) >= 11 is 0. The van der Waals surface area contributed by atoms with Crippen molar-refractivity contribution in [1.82, 2.24) is 0 Å². The highest BCUT2D eigenvalue weighted by Gasteiger charge is 2.22. The molecule has 0 unspecified atom stereocenters. The number of carbonyl (C=O) groups is 2. The van der Waals surface area contributed by atoms with Crippen LogP contribution in [0.5, 0.6) is 0 Å². The number of non-ortho nitro benzene ring substituents is 1. The number of rotatable bonds is 7. The highest BCUT2D eigenvalue weighted by atomic mass is 16.6. The van der Waals surface area contributed by atoms with Crippen molar-refractivity contribution in [2.45, 2.75) is 13.5 Å². The lowest BCUT2D eigenvalue weighted by atomic mass is 10.2. The number of nitrogens with zero attached hydrogens (tertiary/aromatic N) is 2. The van der Waals surface area contributed by atoms with Gasteiger partial charge in [0.05, 0.1) is 11.5 Å². The fourth-order valence-corrected chi connectivity index (χ4v) is 2.15. The first kappa shape index (κ1) is 18.9. The lowest BCUT2D eigenvalue weighted by Crippen LogP contribution is -2.37. The monoisotopic (exact) mass is 358 g/mol. The molecule has 26 heavy (non-hydrogen) atoms. The molecule has 8 heteroatoms. The molecule has 0 aliphatic carbocycles. The van der Waals surface area contributed by atoms with Gasteiger partial charge in [-0.25, -0.2) is 4.79 Å². The zero-order valence-electron chi connectivity index (χ0n) is 14.2. The average molecular weight is 358 g/mol. The summed E-state index contributed by atoms with van der Waals surface area (Å²) in [6, 6.07) is 14.3. The van der Waals surface area contributed by atoms with Crippen LogP contribution in [0.4, 0.5) is 16.2 Å². The Labute approximate surface area is 150 Å². The summed E-state index contributed by atoms with van der Waals surface area (Å²) in [6.45, 7) is 1.50. The van der Waals surface area contributed by atoms with Crippen LogP contribution in [-0.4, -0.2) is 30.1 Å². The van der Waals surface area contributed by atoms with Crippen molar-refractivity contribution in [3.05, 3.63) is 70.3 Å². The number of ether oxygens (including phenoxy) is 2. The molecule has 0 fully saturated rings. The molecule has 0 aliphatic heterocycles. The molecule has 0 aliphatic rings. The van der Waals surface area contributed by atoms with Crippen LogP contribution in [0.15, 0.2) is 54.6 Å². The molecule has 0 radical (unpaired) electrons. The van der Waals surface area contributed by atoms with Crippen molar-refractivity contribution in [1.29, 1.82) is 0 Å². The molecule has 1 amide bonds. The summed E-state index contributed by atoms with van der Waals surface area (Å²) in [7, 11) is 0. The van der Waals surface area contributed by atoms with Gasteiger partial charge < -0.3 is 9.47 Å². The summed E-state index contributed by atoms with van der Waals surface area (Å²) in [6.07, 6.45) is -0.754. The largest absolute Gasteiger partial charge is 0.465 e. The number of nitro groups is 1. The second-order valence-corrected chi connectivity index (χ2v) is 5.20. The molecule has 0 heterocycles. The fraction of sp³-hybridized carbons (Fsp3) is 0.222. The summed E-state index contributed by atoms with van der Waals surface area (Å²) in [5.74, 6) is -0.609. The third kappa shape index (κ3) is 5.30. The van der Waals surface area contributed by atoms with Crippen molar-refractivity contribution in [2.24, 2.45) is 0 Å². The van der Waals surface area contributed by atoms with E-state index in [4.69, 9.17) is 9.47 Å². The van der Waals surface area contributed by atoms with Gasteiger partial charge in [-0.1, -0.05) is 30.3 Å². The molecular weight excluding hydrogens is 340 g/mol. The van der Waals surface area contributed by atoms with Crippen LogP contribution in [0.2, 0.25) is 0 Å². The van der Waals surface area contributed by atoms with Crippen LogP contribution in [0, 0.1) is 10.1 Å². The normalized spacial score (nSPS) is 10.0. The minimum absolute atomic E-state index is 0.0337. The maximum Gasteiger partial charge on any atom is 0.415 e. The summed E-state index contributed by atoms with van der Waals surface area (Å²) in [5, 5.41) is 10.8. The molecule has 8 nitrogen and oxygen atoms in total. The van der Waals surface area contributed by atoms with E-state index in [1.165, 1.54) is 24.3 Å². The Morgan fingerprint density at radius 2 is 1.69 bits per heavy atom. The second kappa shape index (κ2) is 9.16. The molecule has 0 spiro atoms. The van der Waals surface area contributed by atoms with E-state index in [1.54, 1.807) is 19.1 Å². The van der Waals surface area contributed by atoms with Crippen molar-refractivity contribution in [2.75, 3.05) is 18.1 Å². The molecule has 0 N–H and O–H groups in total. The van der Waals surface area contributed by atoms with Gasteiger partial charge in [-0.05, 0) is 24.6 Å². The van der Waals surface area contributed by atoms with Crippen molar-refractivity contribution in [3.8, 4) is 0 Å². The number of hydrogen-bond acceptors (Lipinski definition) is 6. The molecule has 136 valence electrons. The zero-order chi connectivity index (χ0) is 18.9. The summed E-state index contributed by atoms with van der Waals surface area (Å²) in [5.41, 5.74) is 0.963. The molecule has 0 aromatic heterocycles. The van der Waals surface area contributed by atoms with Crippen LogP contribution in [0.3, 0.4) is 0 Å². The molecule has 2 aromatic carbocycles. The minimum Gasteiger partial charge on any atom is -0.465 e. The molecule has 0 saturated carbocycles. The average Bonchev–Trinajstić information content (AvgIpc) is 2.65. The van der Waals surface area contributed by atoms with E-state index >= 15 is 0 Å². The molecule has 0 bridgehead atoms. The molecule has 2 rings (SSSR count). The number of anilines is 1. The topological polar surface area (TPSA) is 99.0 Å². The van der Waals surface area contributed by atoms with Crippen LogP contribution in [-0.2, 0) is 20.9 Å². The quantitative estimate of drug-likeness (QED) is 0.428. The first-order valence-corrected chi connectivity index (χ1v) is 7.89. The Morgan fingerprint density at radius 1 is 1.04 bits per heavy atom. The second-order valence-electron chi connectivity index (χ2n) is 5.20. The Kier molecular flexibility index (Phi) is 6.67. The lowest BCUT2D eigenvalue weighted by Gasteiger charge is -2.21. The minimum atomic E-state index is -0.754.